The number of hydrogen-bond donors (Lipinski definition) is 4. The highest BCUT2D eigenvalue weighted by Gasteiger charge is 2.27. The second kappa shape index (κ2) is 7.77. The van der Waals surface area contributed by atoms with Crippen molar-refractivity contribution in [2.75, 3.05) is 12.8 Å². The molecular weight excluding hydrogens is 344 g/mol. The number of urea groups is 1. The Morgan fingerprint density at radius 3 is 2.44 bits per heavy atom. The molecule has 0 radical (unpaired) electrons. The molecule has 2 aromatic carbocycles. The highest BCUT2D eigenvalue weighted by molar-refractivity contribution is 6.14. The number of nitrogens with zero attached hydrogens (tertiary/aromatic N) is 2. The summed E-state index contributed by atoms with van der Waals surface area (Å²) in [6.07, 6.45) is 0.573. The van der Waals surface area contributed by atoms with Crippen molar-refractivity contribution < 1.29 is 15.0 Å². The molecule has 0 fully saturated rings. The first kappa shape index (κ1) is 18.9. The van der Waals surface area contributed by atoms with E-state index < -0.39 is 0 Å². The topological polar surface area (TPSA) is 111 Å². The monoisotopic (exact) mass is 368 g/mol. The van der Waals surface area contributed by atoms with Gasteiger partial charge in [0.15, 0.2) is 0 Å². The van der Waals surface area contributed by atoms with E-state index >= 15 is 0 Å². The number of hydrazone groups is 1. The predicted octanol–water partition coefficient (Wildman–Crippen LogP) is 1.59. The van der Waals surface area contributed by atoms with Gasteiger partial charge in [-0.2, -0.15) is 5.10 Å². The number of aliphatic hydroxyl groups is 2. The number of benzene rings is 2. The molecule has 0 bridgehead atoms. The van der Waals surface area contributed by atoms with Crippen LogP contribution in [0.4, 0.5) is 10.5 Å². The van der Waals surface area contributed by atoms with E-state index in [1.54, 1.807) is 19.2 Å². The maximum absolute atomic E-state index is 12.4. The quantitative estimate of drug-likeness (QED) is 0.617. The van der Waals surface area contributed by atoms with Gasteiger partial charge in [-0.05, 0) is 48.2 Å². The summed E-state index contributed by atoms with van der Waals surface area (Å²) in [6.45, 7) is 1.57. The van der Waals surface area contributed by atoms with Gasteiger partial charge in [-0.1, -0.05) is 18.2 Å². The lowest BCUT2D eigenvalue weighted by Gasteiger charge is -2.22. The molecule has 1 aliphatic heterocycles. The first-order valence-corrected chi connectivity index (χ1v) is 8.80. The van der Waals surface area contributed by atoms with Gasteiger partial charge in [0, 0.05) is 23.9 Å². The second-order valence-electron chi connectivity index (χ2n) is 6.62. The molecule has 0 aliphatic carbocycles. The summed E-state index contributed by atoms with van der Waals surface area (Å²) in [7, 11) is 1.57. The van der Waals surface area contributed by atoms with Crippen LogP contribution in [0.3, 0.4) is 0 Å². The summed E-state index contributed by atoms with van der Waals surface area (Å²) < 4.78 is 0. The van der Waals surface area contributed by atoms with Crippen molar-refractivity contribution in [3.63, 3.8) is 0 Å². The van der Waals surface area contributed by atoms with Crippen LogP contribution in [0.15, 0.2) is 41.5 Å². The number of carbonyl (C=O) groups is 1. The molecule has 27 heavy (non-hydrogen) atoms. The summed E-state index contributed by atoms with van der Waals surface area (Å²) in [4.78, 5) is 12.4. The van der Waals surface area contributed by atoms with Gasteiger partial charge in [-0.3, -0.25) is 0 Å². The lowest BCUT2D eigenvalue weighted by atomic mass is 9.90. The number of hydrogen-bond acceptors (Lipinski definition) is 5. The maximum atomic E-state index is 12.4. The first-order valence-electron chi connectivity index (χ1n) is 8.80. The first-order chi connectivity index (χ1) is 13.0. The Morgan fingerprint density at radius 1 is 1.22 bits per heavy atom. The van der Waals surface area contributed by atoms with Crippen molar-refractivity contribution in [2.45, 2.75) is 32.6 Å². The Labute approximate surface area is 158 Å². The Morgan fingerprint density at radius 2 is 1.85 bits per heavy atom. The van der Waals surface area contributed by atoms with Crippen molar-refractivity contribution in [3.8, 4) is 0 Å². The molecule has 2 aromatic rings. The van der Waals surface area contributed by atoms with E-state index in [1.165, 1.54) is 5.01 Å². The fraction of sp³-hybridized carbons (Fsp3) is 0.300. The van der Waals surface area contributed by atoms with E-state index in [9.17, 15) is 15.0 Å². The summed E-state index contributed by atoms with van der Waals surface area (Å²) >= 11 is 0. The van der Waals surface area contributed by atoms with E-state index in [1.807, 2.05) is 31.2 Å². The number of anilines is 1. The average Bonchev–Trinajstić information content (AvgIpc) is 2.82. The van der Waals surface area contributed by atoms with Crippen LogP contribution < -0.4 is 11.1 Å². The molecule has 0 saturated heterocycles. The molecule has 1 heterocycles. The molecule has 5 N–H and O–H groups in total. The van der Waals surface area contributed by atoms with Crippen molar-refractivity contribution in [3.05, 3.63) is 64.2 Å². The fourth-order valence-corrected chi connectivity index (χ4v) is 3.30. The molecule has 3 rings (SSSR count). The van der Waals surface area contributed by atoms with Crippen LogP contribution in [0.25, 0.3) is 0 Å². The van der Waals surface area contributed by atoms with E-state index in [2.05, 4.69) is 10.4 Å². The molecule has 0 saturated carbocycles. The Kier molecular flexibility index (Phi) is 5.43. The third-order valence-electron chi connectivity index (χ3n) is 4.77. The minimum absolute atomic E-state index is 0.162. The van der Waals surface area contributed by atoms with Crippen LogP contribution >= 0.6 is 0 Å². The zero-order chi connectivity index (χ0) is 19.6. The fourth-order valence-electron chi connectivity index (χ4n) is 3.30. The Balaban J connectivity index is 2.24. The van der Waals surface area contributed by atoms with Gasteiger partial charge < -0.3 is 21.3 Å². The number of nitrogens with two attached hydrogens (primary N) is 1. The zero-order valence-corrected chi connectivity index (χ0v) is 15.4. The highest BCUT2D eigenvalue weighted by atomic mass is 16.3. The van der Waals surface area contributed by atoms with Gasteiger partial charge in [0.1, 0.15) is 0 Å². The lowest BCUT2D eigenvalue weighted by molar-refractivity contribution is 0.184. The second-order valence-corrected chi connectivity index (χ2v) is 6.62. The summed E-state index contributed by atoms with van der Waals surface area (Å²) in [5.74, 6) is 0. The summed E-state index contributed by atoms with van der Waals surface area (Å²) in [6, 6.07) is 10.5. The van der Waals surface area contributed by atoms with Crippen molar-refractivity contribution in [1.29, 1.82) is 0 Å². The van der Waals surface area contributed by atoms with Gasteiger partial charge in [0.05, 0.1) is 25.0 Å². The third-order valence-corrected chi connectivity index (χ3v) is 4.77. The smallest absolute Gasteiger partial charge is 0.337 e. The molecule has 1 aliphatic rings. The van der Waals surface area contributed by atoms with Gasteiger partial charge in [0.25, 0.3) is 0 Å². The predicted molar refractivity (Wildman–Crippen MR) is 104 cm³/mol. The highest BCUT2D eigenvalue weighted by Crippen LogP contribution is 2.27. The van der Waals surface area contributed by atoms with Crippen molar-refractivity contribution in [1.82, 2.24) is 10.3 Å². The Bertz CT molecular complexity index is 878. The molecule has 1 atom stereocenters. The number of aliphatic hydroxyl groups excluding tert-OH is 2. The molecule has 7 heteroatoms. The van der Waals surface area contributed by atoms with Gasteiger partial charge in [-0.25, -0.2) is 9.80 Å². The van der Waals surface area contributed by atoms with Crippen molar-refractivity contribution in [2.24, 2.45) is 5.10 Å². The molecule has 0 spiro atoms. The Hall–Kier alpha value is -2.90. The molecule has 0 aromatic heterocycles. The minimum Gasteiger partial charge on any atom is -0.399 e. The summed E-state index contributed by atoms with van der Waals surface area (Å²) in [5.41, 5.74) is 11.0. The van der Waals surface area contributed by atoms with Crippen molar-refractivity contribution >= 4 is 17.4 Å². The standard InChI is InChI=1S/C20H24N4O3/c1-12-7-14-8-15(10-25)16(11-26)9-18(14)19(23-24(12)20(27)22-2)13-3-5-17(21)6-4-13/h3-6,8-9,12,25-26H,7,10-11,21H2,1-2H3,(H,22,27). The van der Waals surface area contributed by atoms with E-state index in [-0.39, 0.29) is 25.3 Å². The van der Waals surface area contributed by atoms with Gasteiger partial charge in [0.2, 0.25) is 0 Å². The largest absolute Gasteiger partial charge is 0.399 e. The van der Waals surface area contributed by atoms with E-state index in [4.69, 9.17) is 5.73 Å². The molecule has 1 unspecified atom stereocenters. The number of amides is 2. The molecule has 142 valence electrons. The summed E-state index contributed by atoms with van der Waals surface area (Å²) in [5, 5.41) is 28.1. The van der Waals surface area contributed by atoms with Crippen LogP contribution in [0, 0.1) is 0 Å². The number of carbonyl (C=O) groups excluding carboxylic acids is 1. The van der Waals surface area contributed by atoms with Crippen LogP contribution in [0.2, 0.25) is 0 Å². The average molecular weight is 368 g/mol. The number of fused-ring (bicyclic) bond motifs is 1. The van der Waals surface area contributed by atoms with Crippen LogP contribution in [-0.4, -0.2) is 40.1 Å². The number of nitrogen functional groups attached to an aromatic ring is 1. The van der Waals surface area contributed by atoms with Crippen LogP contribution in [0.5, 0.6) is 0 Å². The molecule has 7 nitrogen and oxygen atoms in total. The SMILES string of the molecule is CNC(=O)N1N=C(c2ccc(N)cc2)c2cc(CO)c(CO)cc2CC1C. The third kappa shape index (κ3) is 3.65. The maximum Gasteiger partial charge on any atom is 0.337 e. The van der Waals surface area contributed by atoms with Gasteiger partial charge >= 0.3 is 6.03 Å². The minimum atomic E-state index is -0.298. The van der Waals surface area contributed by atoms with Crippen LogP contribution in [-0.2, 0) is 19.6 Å². The van der Waals surface area contributed by atoms with E-state index in [0.29, 0.717) is 28.9 Å². The molecular formula is C20H24N4O3. The van der Waals surface area contributed by atoms with E-state index in [0.717, 1.165) is 16.7 Å². The number of nitrogens with one attached hydrogen (secondary N) is 1. The number of rotatable bonds is 3. The molecule has 2 amide bonds. The lowest BCUT2D eigenvalue weighted by Crippen LogP contribution is -2.41. The normalized spacial score (nSPS) is 16.4. The van der Waals surface area contributed by atoms with Gasteiger partial charge in [-0.15, -0.1) is 0 Å². The zero-order valence-electron chi connectivity index (χ0n) is 15.4. The van der Waals surface area contributed by atoms with Crippen LogP contribution in [0.1, 0.15) is 34.7 Å².